The average molecular weight is 351 g/mol. The van der Waals surface area contributed by atoms with Crippen LogP contribution in [-0.4, -0.2) is 40.5 Å². The molecule has 6 nitrogen and oxygen atoms in total. The largest absolute Gasteiger partial charge is 0.467 e. The van der Waals surface area contributed by atoms with Crippen molar-refractivity contribution in [3.05, 3.63) is 46.9 Å². The number of likely N-dealkylation sites (tertiary alicyclic amines) is 1. The highest BCUT2D eigenvalue weighted by Crippen LogP contribution is 2.24. The molecule has 1 atom stereocenters. The average Bonchev–Trinajstić information content (AvgIpc) is 2.92. The lowest BCUT2D eigenvalue weighted by Crippen LogP contribution is -2.33. The van der Waals surface area contributed by atoms with Gasteiger partial charge in [0.15, 0.2) is 5.82 Å². The van der Waals surface area contributed by atoms with Crippen LogP contribution in [0.3, 0.4) is 0 Å². The summed E-state index contributed by atoms with van der Waals surface area (Å²) in [5, 5.41) is 3.36. The minimum absolute atomic E-state index is 0.0482. The Labute approximate surface area is 143 Å². The van der Waals surface area contributed by atoms with Gasteiger partial charge in [0, 0.05) is 13.1 Å². The van der Waals surface area contributed by atoms with Crippen LogP contribution in [0.2, 0.25) is 5.02 Å². The Bertz CT molecular complexity index is 741. The summed E-state index contributed by atoms with van der Waals surface area (Å²) in [6.45, 7) is 1.05. The lowest BCUT2D eigenvalue weighted by atomic mass is 10.2. The highest BCUT2D eigenvalue weighted by atomic mass is 35.5. The summed E-state index contributed by atoms with van der Waals surface area (Å²) < 4.78 is 17.9. The van der Waals surface area contributed by atoms with Crippen molar-refractivity contribution in [2.75, 3.05) is 19.0 Å². The van der Waals surface area contributed by atoms with Gasteiger partial charge in [-0.2, -0.15) is 4.98 Å². The molecule has 0 saturated carbocycles. The molecule has 1 unspecified atom stereocenters. The molecular formula is C16H16ClFN4O2. The number of aromatic nitrogens is 2. The Balaban J connectivity index is 1.67. The lowest BCUT2D eigenvalue weighted by Gasteiger charge is -2.18. The van der Waals surface area contributed by atoms with Crippen LogP contribution in [0.5, 0.6) is 6.01 Å². The quantitative estimate of drug-likeness (QED) is 0.897. The number of amides is 1. The fourth-order valence-corrected chi connectivity index (χ4v) is 2.70. The van der Waals surface area contributed by atoms with E-state index in [9.17, 15) is 9.18 Å². The molecule has 24 heavy (non-hydrogen) atoms. The number of hydrogen-bond acceptors (Lipinski definition) is 5. The molecule has 1 aliphatic rings. The van der Waals surface area contributed by atoms with Crippen LogP contribution in [-0.2, 0) is 11.3 Å². The molecule has 1 fully saturated rings. The van der Waals surface area contributed by atoms with Gasteiger partial charge in [0.1, 0.15) is 16.9 Å². The fraction of sp³-hybridized carbons (Fsp3) is 0.312. The number of rotatable bonds is 5. The number of nitrogens with zero attached hydrogens (tertiary/aromatic N) is 3. The Morgan fingerprint density at radius 1 is 1.42 bits per heavy atom. The SMILES string of the molecule is COc1ncc(Cl)c(NC2CCN(Cc3ccc(F)cc3)C2=O)n1. The maximum absolute atomic E-state index is 13.0. The number of ether oxygens (including phenoxy) is 1. The van der Waals surface area contributed by atoms with E-state index >= 15 is 0 Å². The summed E-state index contributed by atoms with van der Waals surface area (Å²) in [4.78, 5) is 22.3. The first kappa shape index (κ1) is 16.4. The monoisotopic (exact) mass is 350 g/mol. The standard InChI is InChI=1S/C16H16ClFN4O2/c1-24-16-19-8-12(17)14(21-16)20-13-6-7-22(15(13)23)9-10-2-4-11(18)5-3-10/h2-5,8,13H,6-7,9H2,1H3,(H,19,20,21). The predicted octanol–water partition coefficient (Wildman–Crippen LogP) is 2.49. The topological polar surface area (TPSA) is 67.3 Å². The summed E-state index contributed by atoms with van der Waals surface area (Å²) in [5.41, 5.74) is 0.882. The number of halogens is 2. The van der Waals surface area contributed by atoms with Crippen molar-refractivity contribution in [2.24, 2.45) is 0 Å². The Morgan fingerprint density at radius 2 is 2.17 bits per heavy atom. The second-order valence-electron chi connectivity index (χ2n) is 5.43. The zero-order valence-corrected chi connectivity index (χ0v) is 13.8. The van der Waals surface area contributed by atoms with Gasteiger partial charge in [-0.05, 0) is 24.1 Å². The van der Waals surface area contributed by atoms with Crippen LogP contribution < -0.4 is 10.1 Å². The van der Waals surface area contributed by atoms with Crippen molar-refractivity contribution in [2.45, 2.75) is 19.0 Å². The fourth-order valence-electron chi connectivity index (χ4n) is 2.56. The van der Waals surface area contributed by atoms with Crippen LogP contribution in [0.4, 0.5) is 10.2 Å². The van der Waals surface area contributed by atoms with Crippen molar-refractivity contribution in [3.63, 3.8) is 0 Å². The molecule has 8 heteroatoms. The molecule has 1 aromatic carbocycles. The maximum Gasteiger partial charge on any atom is 0.318 e. The van der Waals surface area contributed by atoms with Crippen molar-refractivity contribution >= 4 is 23.3 Å². The van der Waals surface area contributed by atoms with Crippen LogP contribution in [0.1, 0.15) is 12.0 Å². The van der Waals surface area contributed by atoms with E-state index in [-0.39, 0.29) is 17.7 Å². The van der Waals surface area contributed by atoms with Crippen LogP contribution >= 0.6 is 11.6 Å². The number of benzene rings is 1. The van der Waals surface area contributed by atoms with Crippen molar-refractivity contribution in [3.8, 4) is 6.01 Å². The van der Waals surface area contributed by atoms with Gasteiger partial charge in [-0.25, -0.2) is 9.37 Å². The van der Waals surface area contributed by atoms with Gasteiger partial charge < -0.3 is 15.0 Å². The predicted molar refractivity (Wildman–Crippen MR) is 87.4 cm³/mol. The van der Waals surface area contributed by atoms with E-state index < -0.39 is 6.04 Å². The summed E-state index contributed by atoms with van der Waals surface area (Å²) >= 11 is 6.06. The first-order valence-corrected chi connectivity index (χ1v) is 7.81. The third kappa shape index (κ3) is 3.56. The molecule has 0 bridgehead atoms. The van der Waals surface area contributed by atoms with Crippen LogP contribution in [0.25, 0.3) is 0 Å². The number of anilines is 1. The van der Waals surface area contributed by atoms with Gasteiger partial charge in [0.2, 0.25) is 5.91 Å². The molecule has 126 valence electrons. The van der Waals surface area contributed by atoms with E-state index in [2.05, 4.69) is 15.3 Å². The van der Waals surface area contributed by atoms with Crippen LogP contribution in [0, 0.1) is 5.82 Å². The van der Waals surface area contributed by atoms with Gasteiger partial charge in [0.25, 0.3) is 0 Å². The van der Waals surface area contributed by atoms with E-state index in [4.69, 9.17) is 16.3 Å². The number of nitrogens with one attached hydrogen (secondary N) is 1. The van der Waals surface area contributed by atoms with E-state index in [1.54, 1.807) is 17.0 Å². The van der Waals surface area contributed by atoms with E-state index in [0.29, 0.717) is 30.4 Å². The molecule has 0 radical (unpaired) electrons. The second-order valence-corrected chi connectivity index (χ2v) is 5.83. The van der Waals surface area contributed by atoms with E-state index in [1.165, 1.54) is 25.4 Å². The highest BCUT2D eigenvalue weighted by molar-refractivity contribution is 6.32. The molecule has 3 rings (SSSR count). The zero-order valence-electron chi connectivity index (χ0n) is 13.0. The number of carbonyl (C=O) groups excluding carboxylic acids is 1. The van der Waals surface area contributed by atoms with Crippen LogP contribution in [0.15, 0.2) is 30.5 Å². The van der Waals surface area contributed by atoms with Crippen molar-refractivity contribution in [1.82, 2.24) is 14.9 Å². The van der Waals surface area contributed by atoms with E-state index in [1.807, 2.05) is 0 Å². The zero-order chi connectivity index (χ0) is 17.1. The minimum Gasteiger partial charge on any atom is -0.467 e. The Morgan fingerprint density at radius 3 is 2.88 bits per heavy atom. The summed E-state index contributed by atoms with van der Waals surface area (Å²) in [6, 6.07) is 5.89. The molecule has 0 spiro atoms. The molecule has 0 aliphatic carbocycles. The normalized spacial score (nSPS) is 17.2. The number of carbonyl (C=O) groups is 1. The number of methoxy groups -OCH3 is 1. The lowest BCUT2D eigenvalue weighted by molar-refractivity contribution is -0.128. The molecule has 2 aromatic rings. The van der Waals surface area contributed by atoms with Crippen molar-refractivity contribution in [1.29, 1.82) is 0 Å². The number of hydrogen-bond donors (Lipinski definition) is 1. The van der Waals surface area contributed by atoms with Gasteiger partial charge in [-0.15, -0.1) is 0 Å². The van der Waals surface area contributed by atoms with E-state index in [0.717, 1.165) is 5.56 Å². The molecule has 1 saturated heterocycles. The molecule has 1 aromatic heterocycles. The third-order valence-electron chi connectivity index (χ3n) is 3.80. The smallest absolute Gasteiger partial charge is 0.318 e. The van der Waals surface area contributed by atoms with Gasteiger partial charge in [-0.1, -0.05) is 23.7 Å². The Kier molecular flexibility index (Phi) is 4.80. The molecule has 1 N–H and O–H groups in total. The molecule has 1 aliphatic heterocycles. The minimum atomic E-state index is -0.414. The third-order valence-corrected chi connectivity index (χ3v) is 4.08. The second kappa shape index (κ2) is 7.00. The Hall–Kier alpha value is -2.41. The van der Waals surface area contributed by atoms with Crippen molar-refractivity contribution < 1.29 is 13.9 Å². The maximum atomic E-state index is 13.0. The summed E-state index contributed by atoms with van der Waals surface area (Å²) in [5.74, 6) is 0.0249. The first-order valence-electron chi connectivity index (χ1n) is 7.43. The molecule has 1 amide bonds. The first-order chi connectivity index (χ1) is 11.6. The summed E-state index contributed by atoms with van der Waals surface area (Å²) in [6.07, 6.45) is 2.05. The molecule has 2 heterocycles. The summed E-state index contributed by atoms with van der Waals surface area (Å²) in [7, 11) is 1.46. The highest BCUT2D eigenvalue weighted by Gasteiger charge is 2.32. The van der Waals surface area contributed by atoms with Gasteiger partial charge >= 0.3 is 6.01 Å². The molecular weight excluding hydrogens is 335 g/mol. The van der Waals surface area contributed by atoms with Gasteiger partial charge in [-0.3, -0.25) is 4.79 Å². The van der Waals surface area contributed by atoms with Gasteiger partial charge in [0.05, 0.1) is 13.3 Å².